The number of nitrogens with one attached hydrogen (secondary N) is 1. The van der Waals surface area contributed by atoms with Crippen molar-refractivity contribution < 1.29 is 9.18 Å². The van der Waals surface area contributed by atoms with Crippen LogP contribution in [-0.2, 0) is 0 Å². The van der Waals surface area contributed by atoms with Crippen LogP contribution in [-0.4, -0.2) is 35.4 Å². The normalized spacial score (nSPS) is 16.1. The van der Waals surface area contributed by atoms with E-state index in [4.69, 9.17) is 0 Å². The number of pyridine rings is 1. The van der Waals surface area contributed by atoms with Gasteiger partial charge < -0.3 is 5.32 Å². The summed E-state index contributed by atoms with van der Waals surface area (Å²) in [5.41, 5.74) is 2.53. The fourth-order valence-electron chi connectivity index (χ4n) is 3.21. The van der Waals surface area contributed by atoms with Gasteiger partial charge in [0.2, 0.25) is 0 Å². The molecule has 2 aromatic rings. The Bertz CT molecular complexity index is 696. The first-order valence-corrected chi connectivity index (χ1v) is 8.33. The second-order valence-corrected chi connectivity index (χ2v) is 6.21. The van der Waals surface area contributed by atoms with Crippen LogP contribution in [0.15, 0.2) is 42.7 Å². The van der Waals surface area contributed by atoms with E-state index < -0.39 is 0 Å². The summed E-state index contributed by atoms with van der Waals surface area (Å²) in [7, 11) is 0. The van der Waals surface area contributed by atoms with Gasteiger partial charge in [-0.2, -0.15) is 0 Å². The van der Waals surface area contributed by atoms with Crippen LogP contribution in [0.1, 0.15) is 40.4 Å². The lowest BCUT2D eigenvalue weighted by Gasteiger charge is -2.28. The Morgan fingerprint density at radius 3 is 2.62 bits per heavy atom. The van der Waals surface area contributed by atoms with Crippen LogP contribution in [0.3, 0.4) is 0 Å². The average Bonchev–Trinajstić information content (AvgIpc) is 3.11. The van der Waals surface area contributed by atoms with E-state index in [1.807, 2.05) is 19.1 Å². The van der Waals surface area contributed by atoms with Gasteiger partial charge >= 0.3 is 0 Å². The van der Waals surface area contributed by atoms with E-state index in [1.54, 1.807) is 18.5 Å². The molecule has 24 heavy (non-hydrogen) atoms. The number of halogens is 1. The first-order chi connectivity index (χ1) is 11.6. The van der Waals surface area contributed by atoms with Crippen molar-refractivity contribution in [2.75, 3.05) is 19.6 Å². The van der Waals surface area contributed by atoms with Crippen molar-refractivity contribution in [3.8, 4) is 0 Å². The predicted molar refractivity (Wildman–Crippen MR) is 91.3 cm³/mol. The first kappa shape index (κ1) is 16.6. The first-order valence-electron chi connectivity index (χ1n) is 8.33. The van der Waals surface area contributed by atoms with Crippen molar-refractivity contribution in [2.45, 2.75) is 25.8 Å². The highest BCUT2D eigenvalue weighted by molar-refractivity contribution is 5.95. The average molecular weight is 327 g/mol. The van der Waals surface area contributed by atoms with E-state index in [9.17, 15) is 9.18 Å². The third kappa shape index (κ3) is 3.79. The van der Waals surface area contributed by atoms with Crippen LogP contribution >= 0.6 is 0 Å². The lowest BCUT2D eigenvalue weighted by Crippen LogP contribution is -2.37. The third-order valence-corrected chi connectivity index (χ3v) is 4.56. The minimum Gasteiger partial charge on any atom is -0.350 e. The quantitative estimate of drug-likeness (QED) is 0.918. The third-order valence-electron chi connectivity index (χ3n) is 4.56. The highest BCUT2D eigenvalue weighted by Crippen LogP contribution is 2.25. The molecule has 5 heteroatoms. The standard InChI is InChI=1S/C19H22FN3O/c1-14-12-21-9-8-17(14)19(24)22-13-18(23-10-2-3-11-23)15-4-6-16(20)7-5-15/h4-9,12,18H,2-3,10-11,13H2,1H3,(H,22,24)/t18-/m0/s1. The molecule has 1 aromatic heterocycles. The smallest absolute Gasteiger partial charge is 0.251 e. The number of hydrogen-bond acceptors (Lipinski definition) is 3. The molecule has 0 unspecified atom stereocenters. The van der Waals surface area contributed by atoms with Crippen LogP contribution in [0.2, 0.25) is 0 Å². The second kappa shape index (κ2) is 7.53. The lowest BCUT2D eigenvalue weighted by atomic mass is 10.0. The Balaban J connectivity index is 1.73. The molecule has 0 aliphatic carbocycles. The Kier molecular flexibility index (Phi) is 5.20. The maximum absolute atomic E-state index is 13.2. The molecule has 126 valence electrons. The van der Waals surface area contributed by atoms with Crippen LogP contribution in [0.5, 0.6) is 0 Å². The molecule has 1 amide bonds. The van der Waals surface area contributed by atoms with E-state index in [-0.39, 0.29) is 17.8 Å². The zero-order valence-corrected chi connectivity index (χ0v) is 13.8. The molecule has 0 bridgehead atoms. The SMILES string of the molecule is Cc1cnccc1C(=O)NC[C@@H](c1ccc(F)cc1)N1CCCC1. The van der Waals surface area contributed by atoms with Crippen molar-refractivity contribution >= 4 is 5.91 Å². The number of carbonyl (C=O) groups is 1. The molecule has 1 atom stereocenters. The number of carbonyl (C=O) groups excluding carboxylic acids is 1. The van der Waals surface area contributed by atoms with E-state index in [2.05, 4.69) is 15.2 Å². The highest BCUT2D eigenvalue weighted by atomic mass is 19.1. The minimum atomic E-state index is -0.240. The maximum Gasteiger partial charge on any atom is 0.251 e. The number of likely N-dealkylation sites (tertiary alicyclic amines) is 1. The van der Waals surface area contributed by atoms with Gasteiger partial charge in [0, 0.05) is 24.5 Å². The molecular weight excluding hydrogens is 305 g/mol. The molecule has 3 rings (SSSR count). The van der Waals surface area contributed by atoms with Gasteiger partial charge in [0.25, 0.3) is 5.91 Å². The topological polar surface area (TPSA) is 45.2 Å². The molecule has 4 nitrogen and oxygen atoms in total. The Labute approximate surface area is 141 Å². The van der Waals surface area contributed by atoms with Crippen molar-refractivity contribution in [1.29, 1.82) is 0 Å². The van der Waals surface area contributed by atoms with Gasteiger partial charge in [-0.05, 0) is 62.2 Å². The number of aromatic nitrogens is 1. The molecule has 0 spiro atoms. The number of aryl methyl sites for hydroxylation is 1. The molecule has 1 fully saturated rings. The molecule has 1 aromatic carbocycles. The fraction of sp³-hybridized carbons (Fsp3) is 0.368. The number of nitrogens with zero attached hydrogens (tertiary/aromatic N) is 2. The molecule has 1 aliphatic heterocycles. The second-order valence-electron chi connectivity index (χ2n) is 6.21. The molecule has 1 N–H and O–H groups in total. The van der Waals surface area contributed by atoms with Gasteiger partial charge in [0.05, 0.1) is 6.04 Å². The van der Waals surface area contributed by atoms with Crippen molar-refractivity contribution in [3.05, 3.63) is 65.2 Å². The summed E-state index contributed by atoms with van der Waals surface area (Å²) in [6, 6.07) is 8.37. The Hall–Kier alpha value is -2.27. The predicted octanol–water partition coefficient (Wildman–Crippen LogP) is 3.10. The Morgan fingerprint density at radius 2 is 1.96 bits per heavy atom. The monoisotopic (exact) mass is 327 g/mol. The van der Waals surface area contributed by atoms with Gasteiger partial charge in [-0.15, -0.1) is 0 Å². The van der Waals surface area contributed by atoms with Gasteiger partial charge in [0.15, 0.2) is 0 Å². The summed E-state index contributed by atoms with van der Waals surface area (Å²) in [6.07, 6.45) is 5.64. The van der Waals surface area contributed by atoms with E-state index >= 15 is 0 Å². The number of amides is 1. The number of hydrogen-bond donors (Lipinski definition) is 1. The maximum atomic E-state index is 13.2. The zero-order valence-electron chi connectivity index (χ0n) is 13.8. The lowest BCUT2D eigenvalue weighted by molar-refractivity contribution is 0.0937. The van der Waals surface area contributed by atoms with Crippen molar-refractivity contribution in [2.24, 2.45) is 0 Å². The van der Waals surface area contributed by atoms with Gasteiger partial charge in [0.1, 0.15) is 5.82 Å². The van der Waals surface area contributed by atoms with Crippen LogP contribution in [0.4, 0.5) is 4.39 Å². The van der Waals surface area contributed by atoms with Gasteiger partial charge in [-0.1, -0.05) is 12.1 Å². The highest BCUT2D eigenvalue weighted by Gasteiger charge is 2.24. The van der Waals surface area contributed by atoms with Crippen LogP contribution in [0, 0.1) is 12.7 Å². The summed E-state index contributed by atoms with van der Waals surface area (Å²) >= 11 is 0. The molecular formula is C19H22FN3O. The van der Waals surface area contributed by atoms with Crippen LogP contribution < -0.4 is 5.32 Å². The molecule has 1 saturated heterocycles. The zero-order chi connectivity index (χ0) is 16.9. The minimum absolute atomic E-state index is 0.0687. The summed E-state index contributed by atoms with van der Waals surface area (Å²) in [5, 5.41) is 3.03. The van der Waals surface area contributed by atoms with Gasteiger partial charge in [-0.3, -0.25) is 14.7 Å². The fourth-order valence-corrected chi connectivity index (χ4v) is 3.21. The molecule has 2 heterocycles. The summed E-state index contributed by atoms with van der Waals surface area (Å²) < 4.78 is 13.2. The summed E-state index contributed by atoms with van der Waals surface area (Å²) in [6.45, 7) is 4.39. The Morgan fingerprint density at radius 1 is 1.25 bits per heavy atom. The van der Waals surface area contributed by atoms with Crippen molar-refractivity contribution in [1.82, 2.24) is 15.2 Å². The van der Waals surface area contributed by atoms with E-state index in [0.29, 0.717) is 12.1 Å². The van der Waals surface area contributed by atoms with E-state index in [0.717, 1.165) is 37.1 Å². The largest absolute Gasteiger partial charge is 0.350 e. The molecule has 1 aliphatic rings. The summed E-state index contributed by atoms with van der Waals surface area (Å²) in [4.78, 5) is 18.8. The van der Waals surface area contributed by atoms with Crippen LogP contribution in [0.25, 0.3) is 0 Å². The number of benzene rings is 1. The summed E-state index contributed by atoms with van der Waals surface area (Å²) in [5.74, 6) is -0.337. The van der Waals surface area contributed by atoms with E-state index in [1.165, 1.54) is 12.1 Å². The van der Waals surface area contributed by atoms with Crippen molar-refractivity contribution in [3.63, 3.8) is 0 Å². The number of rotatable bonds is 5. The van der Waals surface area contributed by atoms with Gasteiger partial charge in [-0.25, -0.2) is 4.39 Å². The molecule has 0 saturated carbocycles. The molecule has 0 radical (unpaired) electrons.